The summed E-state index contributed by atoms with van der Waals surface area (Å²) in [6.07, 6.45) is 5.58. The lowest BCUT2D eigenvalue weighted by molar-refractivity contribution is -0.116. The SMILES string of the molecule is COc1ccc(C)cc1NC(=O)CCNc1c(-c2ccccc2)nc2cnccn12. The Morgan fingerprint density at radius 1 is 1.17 bits per heavy atom. The third-order valence-electron chi connectivity index (χ3n) is 4.75. The number of nitrogens with zero attached hydrogens (tertiary/aromatic N) is 3. The number of carbonyl (C=O) groups is 1. The second-order valence-electron chi connectivity index (χ2n) is 6.91. The van der Waals surface area contributed by atoms with Gasteiger partial charge >= 0.3 is 0 Å². The average molecular weight is 401 g/mol. The number of carbonyl (C=O) groups excluding carboxylic acids is 1. The number of hydrogen-bond acceptors (Lipinski definition) is 5. The van der Waals surface area contributed by atoms with Crippen LogP contribution in [-0.4, -0.2) is 33.9 Å². The van der Waals surface area contributed by atoms with Crippen molar-refractivity contribution < 1.29 is 9.53 Å². The molecule has 1 amide bonds. The molecular weight excluding hydrogens is 378 g/mol. The Morgan fingerprint density at radius 2 is 2.00 bits per heavy atom. The van der Waals surface area contributed by atoms with Crippen LogP contribution in [0.25, 0.3) is 16.9 Å². The van der Waals surface area contributed by atoms with Crippen LogP contribution < -0.4 is 15.4 Å². The lowest BCUT2D eigenvalue weighted by Gasteiger charge is -2.12. The summed E-state index contributed by atoms with van der Waals surface area (Å²) in [5.74, 6) is 1.38. The Labute approximate surface area is 174 Å². The molecule has 0 aliphatic rings. The molecular formula is C23H23N5O2. The van der Waals surface area contributed by atoms with Crippen LogP contribution in [0.5, 0.6) is 5.75 Å². The third kappa shape index (κ3) is 4.10. The normalized spacial score (nSPS) is 10.7. The van der Waals surface area contributed by atoms with Crippen molar-refractivity contribution in [2.75, 3.05) is 24.3 Å². The molecule has 0 fully saturated rings. The molecule has 2 heterocycles. The second kappa shape index (κ2) is 8.65. The second-order valence-corrected chi connectivity index (χ2v) is 6.91. The first kappa shape index (κ1) is 19.4. The summed E-state index contributed by atoms with van der Waals surface area (Å²) in [5, 5.41) is 6.30. The van der Waals surface area contributed by atoms with E-state index in [2.05, 4.69) is 15.6 Å². The van der Waals surface area contributed by atoms with Crippen LogP contribution >= 0.6 is 0 Å². The molecule has 0 saturated heterocycles. The molecule has 2 aromatic heterocycles. The molecule has 7 nitrogen and oxygen atoms in total. The first-order valence-electron chi connectivity index (χ1n) is 9.71. The number of ether oxygens (including phenoxy) is 1. The zero-order valence-corrected chi connectivity index (χ0v) is 16.9. The number of rotatable bonds is 7. The van der Waals surface area contributed by atoms with Gasteiger partial charge in [-0.2, -0.15) is 0 Å². The number of aromatic nitrogens is 3. The molecule has 0 radical (unpaired) electrons. The van der Waals surface area contributed by atoms with Gasteiger partial charge in [0.1, 0.15) is 17.3 Å². The van der Waals surface area contributed by atoms with Gasteiger partial charge < -0.3 is 15.4 Å². The Bertz CT molecular complexity index is 1170. The van der Waals surface area contributed by atoms with Gasteiger partial charge in [0, 0.05) is 30.9 Å². The number of benzene rings is 2. The fraction of sp³-hybridized carbons (Fsp3) is 0.174. The summed E-state index contributed by atoms with van der Waals surface area (Å²) < 4.78 is 7.27. The Balaban J connectivity index is 1.49. The van der Waals surface area contributed by atoms with Crippen molar-refractivity contribution >= 4 is 23.1 Å². The van der Waals surface area contributed by atoms with Crippen molar-refractivity contribution in [3.05, 3.63) is 72.7 Å². The molecule has 0 spiro atoms. The van der Waals surface area contributed by atoms with E-state index in [1.165, 1.54) is 0 Å². The Morgan fingerprint density at radius 3 is 2.80 bits per heavy atom. The van der Waals surface area contributed by atoms with Crippen molar-refractivity contribution in [3.63, 3.8) is 0 Å². The van der Waals surface area contributed by atoms with Crippen LogP contribution in [0.2, 0.25) is 0 Å². The number of aryl methyl sites for hydroxylation is 1. The molecule has 7 heteroatoms. The van der Waals surface area contributed by atoms with Crippen molar-refractivity contribution in [3.8, 4) is 17.0 Å². The maximum atomic E-state index is 12.5. The fourth-order valence-corrected chi connectivity index (χ4v) is 3.30. The molecule has 0 atom stereocenters. The van der Waals surface area contributed by atoms with Crippen molar-refractivity contribution in [1.82, 2.24) is 14.4 Å². The molecule has 2 aromatic carbocycles. The van der Waals surface area contributed by atoms with Crippen LogP contribution in [0.1, 0.15) is 12.0 Å². The van der Waals surface area contributed by atoms with E-state index < -0.39 is 0 Å². The molecule has 152 valence electrons. The highest BCUT2D eigenvalue weighted by atomic mass is 16.5. The molecule has 4 aromatic rings. The summed E-state index contributed by atoms with van der Waals surface area (Å²) in [6.45, 7) is 2.43. The van der Waals surface area contributed by atoms with Crippen molar-refractivity contribution in [2.45, 2.75) is 13.3 Å². The quantitative estimate of drug-likeness (QED) is 0.486. The van der Waals surface area contributed by atoms with Gasteiger partial charge in [-0.05, 0) is 24.6 Å². The molecule has 0 unspecified atom stereocenters. The maximum absolute atomic E-state index is 12.5. The zero-order chi connectivity index (χ0) is 20.9. The molecule has 0 saturated carbocycles. The number of anilines is 2. The average Bonchev–Trinajstić information content (AvgIpc) is 3.13. The predicted molar refractivity (Wildman–Crippen MR) is 118 cm³/mol. The standard InChI is InChI=1S/C23H23N5O2/c1-16-8-9-19(30-2)18(14-16)26-21(29)10-11-25-23-22(17-6-4-3-5-7-17)27-20-15-24-12-13-28(20)23/h3-9,12-15,25H,10-11H2,1-2H3,(H,26,29). The first-order valence-corrected chi connectivity index (χ1v) is 9.71. The highest BCUT2D eigenvalue weighted by Gasteiger charge is 2.14. The first-order chi connectivity index (χ1) is 14.7. The minimum absolute atomic E-state index is 0.0943. The van der Waals surface area contributed by atoms with E-state index in [0.717, 1.165) is 28.3 Å². The molecule has 30 heavy (non-hydrogen) atoms. The van der Waals surface area contributed by atoms with E-state index >= 15 is 0 Å². The van der Waals surface area contributed by atoms with E-state index in [4.69, 9.17) is 9.72 Å². The highest BCUT2D eigenvalue weighted by Crippen LogP contribution is 2.28. The Hall–Kier alpha value is -3.87. The van der Waals surface area contributed by atoms with E-state index in [-0.39, 0.29) is 5.91 Å². The number of hydrogen-bond donors (Lipinski definition) is 2. The van der Waals surface area contributed by atoms with E-state index in [1.807, 2.05) is 66.1 Å². The van der Waals surface area contributed by atoms with Gasteiger partial charge in [-0.1, -0.05) is 36.4 Å². The number of methoxy groups -OCH3 is 1. The van der Waals surface area contributed by atoms with Crippen molar-refractivity contribution in [2.24, 2.45) is 0 Å². The topological polar surface area (TPSA) is 80.5 Å². The largest absolute Gasteiger partial charge is 0.495 e. The van der Waals surface area contributed by atoms with Crippen LogP contribution in [-0.2, 0) is 4.79 Å². The van der Waals surface area contributed by atoms with Crippen LogP contribution in [0.15, 0.2) is 67.1 Å². The van der Waals surface area contributed by atoms with E-state index in [1.54, 1.807) is 19.5 Å². The molecule has 0 aliphatic heterocycles. The van der Waals surface area contributed by atoms with Gasteiger partial charge in [0.15, 0.2) is 5.65 Å². The predicted octanol–water partition coefficient (Wildman–Crippen LogP) is 4.15. The minimum atomic E-state index is -0.0943. The molecule has 4 rings (SSSR count). The summed E-state index contributed by atoms with van der Waals surface area (Å²) in [6, 6.07) is 15.6. The minimum Gasteiger partial charge on any atom is -0.495 e. The summed E-state index contributed by atoms with van der Waals surface area (Å²) in [5.41, 5.74) is 4.29. The van der Waals surface area contributed by atoms with E-state index in [9.17, 15) is 4.79 Å². The van der Waals surface area contributed by atoms with Gasteiger partial charge in [0.2, 0.25) is 5.91 Å². The van der Waals surface area contributed by atoms with Crippen LogP contribution in [0.3, 0.4) is 0 Å². The van der Waals surface area contributed by atoms with Gasteiger partial charge in [0.25, 0.3) is 0 Å². The third-order valence-corrected chi connectivity index (χ3v) is 4.75. The van der Waals surface area contributed by atoms with Crippen molar-refractivity contribution in [1.29, 1.82) is 0 Å². The fourth-order valence-electron chi connectivity index (χ4n) is 3.30. The van der Waals surface area contributed by atoms with E-state index in [0.29, 0.717) is 24.4 Å². The maximum Gasteiger partial charge on any atom is 0.226 e. The Kier molecular flexibility index (Phi) is 5.61. The zero-order valence-electron chi connectivity index (χ0n) is 16.9. The molecule has 2 N–H and O–H groups in total. The van der Waals surface area contributed by atoms with Gasteiger partial charge in [-0.15, -0.1) is 0 Å². The van der Waals surface area contributed by atoms with Gasteiger partial charge in [-0.3, -0.25) is 14.2 Å². The number of fused-ring (bicyclic) bond motifs is 1. The smallest absolute Gasteiger partial charge is 0.226 e. The molecule has 0 aliphatic carbocycles. The number of imidazole rings is 1. The lowest BCUT2D eigenvalue weighted by atomic mass is 10.1. The van der Waals surface area contributed by atoms with Crippen LogP contribution in [0.4, 0.5) is 11.5 Å². The summed E-state index contributed by atoms with van der Waals surface area (Å²) in [4.78, 5) is 21.4. The summed E-state index contributed by atoms with van der Waals surface area (Å²) >= 11 is 0. The monoisotopic (exact) mass is 401 g/mol. The number of nitrogens with one attached hydrogen (secondary N) is 2. The van der Waals surface area contributed by atoms with Crippen LogP contribution in [0, 0.1) is 6.92 Å². The highest BCUT2D eigenvalue weighted by molar-refractivity contribution is 5.92. The van der Waals surface area contributed by atoms with Gasteiger partial charge in [-0.25, -0.2) is 4.98 Å². The number of amides is 1. The van der Waals surface area contributed by atoms with Gasteiger partial charge in [0.05, 0.1) is 19.0 Å². The summed E-state index contributed by atoms with van der Waals surface area (Å²) in [7, 11) is 1.59. The molecule has 0 bridgehead atoms. The lowest BCUT2D eigenvalue weighted by Crippen LogP contribution is -2.17.